The Balaban J connectivity index is 1.55. The Morgan fingerprint density at radius 3 is 2.14 bits per heavy atom. The lowest BCUT2D eigenvalue weighted by Gasteiger charge is -2.26. The summed E-state index contributed by atoms with van der Waals surface area (Å²) >= 11 is 0. The number of aryl methyl sites for hydroxylation is 1. The van der Waals surface area contributed by atoms with Crippen molar-refractivity contribution in [2.24, 2.45) is 5.41 Å². The number of ether oxygens (including phenoxy) is 4. The molecule has 36 heavy (non-hydrogen) atoms. The summed E-state index contributed by atoms with van der Waals surface area (Å²) in [5.41, 5.74) is 9.00. The molecule has 0 aliphatic carbocycles. The fourth-order valence-corrected chi connectivity index (χ4v) is 4.23. The van der Waals surface area contributed by atoms with Gasteiger partial charge in [-0.15, -0.1) is 0 Å². The van der Waals surface area contributed by atoms with Crippen LogP contribution in [0.5, 0.6) is 0 Å². The van der Waals surface area contributed by atoms with Crippen molar-refractivity contribution in [3.63, 3.8) is 0 Å². The number of anilines is 1. The summed E-state index contributed by atoms with van der Waals surface area (Å²) in [6.45, 7) is 14.4. The highest BCUT2D eigenvalue weighted by Crippen LogP contribution is 2.32. The molecule has 0 unspecified atom stereocenters. The van der Waals surface area contributed by atoms with E-state index in [-0.39, 0.29) is 5.41 Å². The Bertz CT molecular complexity index is 1070. The Labute approximate surface area is 215 Å². The summed E-state index contributed by atoms with van der Waals surface area (Å²) in [5, 5.41) is 1.08. The molecule has 2 heterocycles. The number of unbranched alkanes of at least 4 members (excludes halogenated alkanes) is 1. The molecule has 3 aromatic rings. The van der Waals surface area contributed by atoms with Crippen molar-refractivity contribution in [2.45, 2.75) is 59.9 Å². The van der Waals surface area contributed by atoms with Crippen LogP contribution in [0.3, 0.4) is 0 Å². The van der Waals surface area contributed by atoms with Crippen molar-refractivity contribution in [2.75, 3.05) is 58.6 Å². The van der Waals surface area contributed by atoms with Gasteiger partial charge in [0.2, 0.25) is 0 Å². The standard InChI is InChI=1S/C28H44N4O4/c1-5-7-12-24-31-25-26(22-10-8-9-11-23(22)30-27(25)29)32(24)20-28(3,4)21-36-19-18-35-17-16-34-15-14-33-13-6-2/h8-11H,5-7,12-21H2,1-4H3,(H2,29,30). The van der Waals surface area contributed by atoms with Crippen LogP contribution >= 0.6 is 0 Å². The third-order valence-electron chi connectivity index (χ3n) is 5.99. The zero-order valence-corrected chi connectivity index (χ0v) is 22.6. The molecule has 0 saturated heterocycles. The lowest BCUT2D eigenvalue weighted by atomic mass is 9.94. The zero-order chi connectivity index (χ0) is 25.8. The number of fused-ring (bicyclic) bond motifs is 3. The minimum atomic E-state index is -0.102. The second-order valence-electron chi connectivity index (χ2n) is 9.98. The van der Waals surface area contributed by atoms with Crippen molar-refractivity contribution < 1.29 is 18.9 Å². The van der Waals surface area contributed by atoms with Crippen LogP contribution < -0.4 is 5.73 Å². The Kier molecular flexibility index (Phi) is 11.4. The van der Waals surface area contributed by atoms with Crippen LogP contribution in [0.4, 0.5) is 5.82 Å². The molecular formula is C28H44N4O4. The SMILES string of the molecule is CCCCc1nc2c(N)nc3ccccc3c2n1CC(C)(C)COCCOCCOCCOCCC. The normalized spacial score (nSPS) is 12.2. The number of hydrogen-bond donors (Lipinski definition) is 1. The molecule has 0 spiro atoms. The van der Waals surface area contributed by atoms with E-state index in [0.717, 1.165) is 66.6 Å². The topological polar surface area (TPSA) is 93.7 Å². The highest BCUT2D eigenvalue weighted by atomic mass is 16.6. The molecule has 0 aliphatic heterocycles. The lowest BCUT2D eigenvalue weighted by molar-refractivity contribution is -0.0146. The monoisotopic (exact) mass is 500 g/mol. The van der Waals surface area contributed by atoms with Gasteiger partial charge < -0.3 is 29.2 Å². The molecule has 2 aromatic heterocycles. The first-order chi connectivity index (χ1) is 17.5. The van der Waals surface area contributed by atoms with Crippen molar-refractivity contribution in [1.82, 2.24) is 14.5 Å². The predicted molar refractivity (Wildman–Crippen MR) is 145 cm³/mol. The van der Waals surface area contributed by atoms with Gasteiger partial charge in [-0.2, -0.15) is 0 Å². The molecule has 0 radical (unpaired) electrons. The molecule has 0 amide bonds. The Morgan fingerprint density at radius 1 is 0.833 bits per heavy atom. The maximum absolute atomic E-state index is 6.34. The highest BCUT2D eigenvalue weighted by molar-refractivity contribution is 6.06. The van der Waals surface area contributed by atoms with Gasteiger partial charge in [0.1, 0.15) is 11.3 Å². The van der Waals surface area contributed by atoms with Crippen molar-refractivity contribution in [1.29, 1.82) is 0 Å². The number of hydrogen-bond acceptors (Lipinski definition) is 7. The van der Waals surface area contributed by atoms with E-state index in [2.05, 4.69) is 43.3 Å². The molecular weight excluding hydrogens is 456 g/mol. The Morgan fingerprint density at radius 2 is 1.47 bits per heavy atom. The zero-order valence-electron chi connectivity index (χ0n) is 22.6. The minimum Gasteiger partial charge on any atom is -0.382 e. The fourth-order valence-electron chi connectivity index (χ4n) is 4.23. The highest BCUT2D eigenvalue weighted by Gasteiger charge is 2.24. The molecule has 1 aromatic carbocycles. The molecule has 3 rings (SSSR count). The number of nitrogens with two attached hydrogens (primary N) is 1. The average molecular weight is 501 g/mol. The maximum atomic E-state index is 6.34. The van der Waals surface area contributed by atoms with E-state index < -0.39 is 0 Å². The van der Waals surface area contributed by atoms with E-state index in [1.54, 1.807) is 0 Å². The van der Waals surface area contributed by atoms with Crippen LogP contribution in [-0.4, -0.2) is 67.4 Å². The summed E-state index contributed by atoms with van der Waals surface area (Å²) in [4.78, 5) is 9.54. The van der Waals surface area contributed by atoms with Crippen molar-refractivity contribution in [3.05, 3.63) is 30.1 Å². The molecule has 0 atom stereocenters. The van der Waals surface area contributed by atoms with Crippen LogP contribution in [-0.2, 0) is 31.9 Å². The van der Waals surface area contributed by atoms with Crippen molar-refractivity contribution >= 4 is 27.8 Å². The second kappa shape index (κ2) is 14.5. The molecule has 200 valence electrons. The van der Waals surface area contributed by atoms with E-state index >= 15 is 0 Å². The summed E-state index contributed by atoms with van der Waals surface area (Å²) in [6.07, 6.45) is 4.14. The number of pyridine rings is 1. The molecule has 0 fully saturated rings. The van der Waals surface area contributed by atoms with E-state index in [1.165, 1.54) is 0 Å². The molecule has 8 heteroatoms. The summed E-state index contributed by atoms with van der Waals surface area (Å²) in [5.74, 6) is 1.55. The number of imidazole rings is 1. The lowest BCUT2D eigenvalue weighted by Crippen LogP contribution is -2.27. The number of nitrogens with zero attached hydrogens (tertiary/aromatic N) is 3. The van der Waals surface area contributed by atoms with Crippen molar-refractivity contribution in [3.8, 4) is 0 Å². The van der Waals surface area contributed by atoms with Gasteiger partial charge in [-0.05, 0) is 18.9 Å². The maximum Gasteiger partial charge on any atom is 0.152 e. The first-order valence-electron chi connectivity index (χ1n) is 13.3. The van der Waals surface area contributed by atoms with Gasteiger partial charge in [0.15, 0.2) is 5.82 Å². The summed E-state index contributed by atoms with van der Waals surface area (Å²) < 4.78 is 24.9. The van der Waals surface area contributed by atoms with Gasteiger partial charge in [0, 0.05) is 30.4 Å². The molecule has 8 nitrogen and oxygen atoms in total. The first kappa shape index (κ1) is 28.3. The number of para-hydroxylation sites is 1. The van der Waals surface area contributed by atoms with Crippen LogP contribution in [0.1, 0.15) is 52.8 Å². The third-order valence-corrected chi connectivity index (χ3v) is 5.99. The second-order valence-corrected chi connectivity index (χ2v) is 9.98. The van der Waals surface area contributed by atoms with Crippen LogP contribution in [0.15, 0.2) is 24.3 Å². The molecule has 0 bridgehead atoms. The molecule has 2 N–H and O–H groups in total. The van der Waals surface area contributed by atoms with E-state index in [0.29, 0.717) is 52.1 Å². The third kappa shape index (κ3) is 8.13. The average Bonchev–Trinajstić information content (AvgIpc) is 3.21. The number of nitrogen functional groups attached to an aromatic ring is 1. The molecule has 0 aliphatic rings. The fraction of sp³-hybridized carbons (Fsp3) is 0.643. The first-order valence-corrected chi connectivity index (χ1v) is 13.3. The largest absolute Gasteiger partial charge is 0.382 e. The number of aromatic nitrogens is 3. The van der Waals surface area contributed by atoms with E-state index in [9.17, 15) is 0 Å². The van der Waals surface area contributed by atoms with E-state index in [1.807, 2.05) is 18.2 Å². The quantitative estimate of drug-likeness (QED) is 0.245. The van der Waals surface area contributed by atoms with Gasteiger partial charge in [-0.25, -0.2) is 9.97 Å². The van der Waals surface area contributed by atoms with E-state index in [4.69, 9.17) is 29.7 Å². The van der Waals surface area contributed by atoms with Gasteiger partial charge in [-0.3, -0.25) is 0 Å². The van der Waals surface area contributed by atoms with Crippen LogP contribution in [0, 0.1) is 5.41 Å². The van der Waals surface area contributed by atoms with Gasteiger partial charge in [0.05, 0.1) is 57.3 Å². The smallest absolute Gasteiger partial charge is 0.152 e. The summed E-state index contributed by atoms with van der Waals surface area (Å²) in [6, 6.07) is 8.15. The minimum absolute atomic E-state index is 0.102. The van der Waals surface area contributed by atoms with Gasteiger partial charge in [0.25, 0.3) is 0 Å². The summed E-state index contributed by atoms with van der Waals surface area (Å²) in [7, 11) is 0. The van der Waals surface area contributed by atoms with Gasteiger partial charge in [-0.1, -0.05) is 52.3 Å². The Hall–Kier alpha value is -2.26. The number of rotatable bonds is 18. The predicted octanol–water partition coefficient (Wildman–Crippen LogP) is 5.01. The van der Waals surface area contributed by atoms with Gasteiger partial charge >= 0.3 is 0 Å². The van der Waals surface area contributed by atoms with Crippen LogP contribution in [0.25, 0.3) is 21.9 Å². The number of benzene rings is 1. The molecule has 0 saturated carbocycles. The van der Waals surface area contributed by atoms with Crippen LogP contribution in [0.2, 0.25) is 0 Å².